The Balaban J connectivity index is 2.49. The number of nitrogens with one attached hydrogen (secondary N) is 1. The molecule has 10 heavy (non-hydrogen) atoms. The van der Waals surface area contributed by atoms with Crippen LogP contribution in [0.2, 0.25) is 0 Å². The van der Waals surface area contributed by atoms with Gasteiger partial charge in [0, 0.05) is 0 Å². The highest BCUT2D eigenvalue weighted by Crippen LogP contribution is 1.98. The minimum atomic E-state index is 0.520. The van der Waals surface area contributed by atoms with Crippen LogP contribution in [0.1, 0.15) is 11.4 Å². The SMILES string of the molecule is CONCc1nonc1C. The molecule has 1 aromatic heterocycles. The van der Waals surface area contributed by atoms with Crippen molar-refractivity contribution < 1.29 is 9.47 Å². The van der Waals surface area contributed by atoms with Crippen molar-refractivity contribution in [2.45, 2.75) is 13.5 Å². The molecule has 1 N–H and O–H groups in total. The minimum Gasteiger partial charge on any atom is -0.305 e. The number of hydroxylamine groups is 1. The molecule has 0 radical (unpaired) electrons. The molecular formula is C5H9N3O2. The van der Waals surface area contributed by atoms with Gasteiger partial charge in [-0.25, -0.2) is 4.63 Å². The van der Waals surface area contributed by atoms with E-state index < -0.39 is 0 Å². The molecule has 5 nitrogen and oxygen atoms in total. The third kappa shape index (κ3) is 1.52. The fraction of sp³-hybridized carbons (Fsp3) is 0.600. The van der Waals surface area contributed by atoms with Gasteiger partial charge in [-0.2, -0.15) is 5.48 Å². The predicted molar refractivity (Wildman–Crippen MR) is 32.9 cm³/mol. The van der Waals surface area contributed by atoms with E-state index in [2.05, 4.69) is 25.3 Å². The van der Waals surface area contributed by atoms with Crippen LogP contribution in [0.15, 0.2) is 4.63 Å². The first-order valence-electron chi connectivity index (χ1n) is 2.88. The van der Waals surface area contributed by atoms with Crippen molar-refractivity contribution in [2.75, 3.05) is 7.11 Å². The minimum absolute atomic E-state index is 0.520. The molecule has 0 amide bonds. The molecule has 0 saturated heterocycles. The van der Waals surface area contributed by atoms with Crippen molar-refractivity contribution in [3.05, 3.63) is 11.4 Å². The van der Waals surface area contributed by atoms with E-state index in [4.69, 9.17) is 0 Å². The first-order valence-corrected chi connectivity index (χ1v) is 2.88. The summed E-state index contributed by atoms with van der Waals surface area (Å²) in [7, 11) is 1.54. The van der Waals surface area contributed by atoms with Crippen molar-refractivity contribution in [3.63, 3.8) is 0 Å². The van der Waals surface area contributed by atoms with Crippen molar-refractivity contribution in [3.8, 4) is 0 Å². The molecule has 0 bridgehead atoms. The molecule has 0 spiro atoms. The number of hydrogen-bond acceptors (Lipinski definition) is 5. The predicted octanol–water partition coefficient (Wildman–Crippen LogP) is 0.0290. The largest absolute Gasteiger partial charge is 0.305 e. The molecule has 1 heterocycles. The lowest BCUT2D eigenvalue weighted by Crippen LogP contribution is -2.11. The third-order valence-electron chi connectivity index (χ3n) is 1.13. The molecule has 0 unspecified atom stereocenters. The van der Waals surface area contributed by atoms with Gasteiger partial charge in [0.1, 0.15) is 11.4 Å². The second kappa shape index (κ2) is 3.28. The van der Waals surface area contributed by atoms with Crippen LogP contribution in [0.3, 0.4) is 0 Å². The third-order valence-corrected chi connectivity index (χ3v) is 1.13. The Morgan fingerprint density at radius 1 is 1.60 bits per heavy atom. The molecule has 1 aromatic rings. The van der Waals surface area contributed by atoms with Gasteiger partial charge in [-0.15, -0.1) is 0 Å². The number of aromatic nitrogens is 2. The highest BCUT2D eigenvalue weighted by Gasteiger charge is 2.02. The van der Waals surface area contributed by atoms with E-state index in [1.54, 1.807) is 7.11 Å². The molecule has 0 saturated carbocycles. The Hall–Kier alpha value is -0.940. The maximum atomic E-state index is 4.61. The molecule has 56 valence electrons. The molecular weight excluding hydrogens is 134 g/mol. The topological polar surface area (TPSA) is 60.2 Å². The molecule has 0 aliphatic heterocycles. The molecule has 5 heteroatoms. The van der Waals surface area contributed by atoms with Crippen molar-refractivity contribution in [1.82, 2.24) is 15.8 Å². The van der Waals surface area contributed by atoms with E-state index in [9.17, 15) is 0 Å². The summed E-state index contributed by atoms with van der Waals surface area (Å²) in [6.07, 6.45) is 0. The Bertz CT molecular complexity index is 199. The van der Waals surface area contributed by atoms with Crippen LogP contribution < -0.4 is 5.48 Å². The summed E-state index contributed by atoms with van der Waals surface area (Å²) in [5, 5.41) is 7.21. The zero-order valence-corrected chi connectivity index (χ0v) is 5.92. The van der Waals surface area contributed by atoms with Crippen molar-refractivity contribution in [1.29, 1.82) is 0 Å². The first kappa shape index (κ1) is 7.17. The van der Waals surface area contributed by atoms with Crippen LogP contribution in [0.4, 0.5) is 0 Å². The molecule has 0 aliphatic rings. The summed E-state index contributed by atoms with van der Waals surface area (Å²) in [4.78, 5) is 4.61. The molecule has 0 aromatic carbocycles. The number of hydrogen-bond donors (Lipinski definition) is 1. The molecule has 1 rings (SSSR count). The summed E-state index contributed by atoms with van der Waals surface area (Å²) in [6, 6.07) is 0. The molecule has 0 atom stereocenters. The smallest absolute Gasteiger partial charge is 0.124 e. The normalized spacial score (nSPS) is 10.2. The lowest BCUT2D eigenvalue weighted by Gasteiger charge is -1.95. The van der Waals surface area contributed by atoms with Crippen molar-refractivity contribution in [2.24, 2.45) is 0 Å². The van der Waals surface area contributed by atoms with E-state index >= 15 is 0 Å². The van der Waals surface area contributed by atoms with E-state index in [0.29, 0.717) is 6.54 Å². The summed E-state index contributed by atoms with van der Waals surface area (Å²) in [5.41, 5.74) is 4.18. The van der Waals surface area contributed by atoms with Gasteiger partial charge in [-0.1, -0.05) is 10.3 Å². The maximum absolute atomic E-state index is 4.61. The maximum Gasteiger partial charge on any atom is 0.124 e. The number of aryl methyl sites for hydroxylation is 1. The average Bonchev–Trinajstić information content (AvgIpc) is 2.31. The Morgan fingerprint density at radius 3 is 2.90 bits per heavy atom. The lowest BCUT2D eigenvalue weighted by atomic mass is 10.3. The summed E-state index contributed by atoms with van der Waals surface area (Å²) >= 11 is 0. The van der Waals surface area contributed by atoms with Crippen molar-refractivity contribution >= 4 is 0 Å². The monoisotopic (exact) mass is 143 g/mol. The van der Waals surface area contributed by atoms with Crippen LogP contribution in [-0.4, -0.2) is 17.4 Å². The van der Waals surface area contributed by atoms with E-state index in [1.165, 1.54) is 0 Å². The van der Waals surface area contributed by atoms with Gasteiger partial charge in [-0.05, 0) is 6.92 Å². The lowest BCUT2D eigenvalue weighted by molar-refractivity contribution is 0.0848. The van der Waals surface area contributed by atoms with Gasteiger partial charge in [0.2, 0.25) is 0 Å². The van der Waals surface area contributed by atoms with Gasteiger partial charge in [0.05, 0.1) is 13.7 Å². The Labute approximate surface area is 58.3 Å². The van der Waals surface area contributed by atoms with Crippen LogP contribution >= 0.6 is 0 Å². The van der Waals surface area contributed by atoms with Gasteiger partial charge >= 0.3 is 0 Å². The Morgan fingerprint density at radius 2 is 2.40 bits per heavy atom. The summed E-state index contributed by atoms with van der Waals surface area (Å²) in [6.45, 7) is 2.34. The average molecular weight is 143 g/mol. The van der Waals surface area contributed by atoms with Crippen LogP contribution in [0.25, 0.3) is 0 Å². The van der Waals surface area contributed by atoms with Gasteiger partial charge in [0.15, 0.2) is 0 Å². The fourth-order valence-corrected chi connectivity index (χ4v) is 0.550. The summed E-state index contributed by atoms with van der Waals surface area (Å²) < 4.78 is 4.45. The summed E-state index contributed by atoms with van der Waals surface area (Å²) in [5.74, 6) is 0. The van der Waals surface area contributed by atoms with Crippen LogP contribution in [0.5, 0.6) is 0 Å². The molecule has 0 aliphatic carbocycles. The fourth-order valence-electron chi connectivity index (χ4n) is 0.550. The number of rotatable bonds is 3. The van der Waals surface area contributed by atoms with Gasteiger partial charge in [-0.3, -0.25) is 0 Å². The highest BCUT2D eigenvalue weighted by atomic mass is 16.6. The zero-order chi connectivity index (χ0) is 7.40. The highest BCUT2D eigenvalue weighted by molar-refractivity contribution is 5.03. The standard InChI is InChI=1S/C5H9N3O2/c1-4-5(3-6-9-2)8-10-7-4/h6H,3H2,1-2H3. The van der Waals surface area contributed by atoms with E-state index in [-0.39, 0.29) is 0 Å². The quantitative estimate of drug-likeness (QED) is 0.605. The molecule has 0 fully saturated rings. The second-order valence-electron chi connectivity index (χ2n) is 1.82. The van der Waals surface area contributed by atoms with E-state index in [1.807, 2.05) is 6.92 Å². The van der Waals surface area contributed by atoms with Crippen LogP contribution in [-0.2, 0) is 11.4 Å². The number of nitrogens with zero attached hydrogens (tertiary/aromatic N) is 2. The van der Waals surface area contributed by atoms with Gasteiger partial charge in [0.25, 0.3) is 0 Å². The first-order chi connectivity index (χ1) is 4.84. The zero-order valence-electron chi connectivity index (χ0n) is 5.92. The second-order valence-corrected chi connectivity index (χ2v) is 1.82. The van der Waals surface area contributed by atoms with Gasteiger partial charge < -0.3 is 4.84 Å². The Kier molecular flexibility index (Phi) is 2.35. The van der Waals surface area contributed by atoms with Crippen LogP contribution in [0, 0.1) is 6.92 Å². The van der Waals surface area contributed by atoms with E-state index in [0.717, 1.165) is 11.4 Å².